The maximum atomic E-state index is 5.03. The molecule has 1 aromatic carbocycles. The van der Waals surface area contributed by atoms with Gasteiger partial charge in [-0.05, 0) is 31.9 Å². The molecule has 1 heterocycles. The number of hydrogen-bond acceptors (Lipinski definition) is 5. The topological polar surface area (TPSA) is 59.1 Å². The van der Waals surface area contributed by atoms with Gasteiger partial charge < -0.3 is 15.4 Å². The van der Waals surface area contributed by atoms with Gasteiger partial charge in [-0.15, -0.1) is 0 Å². The van der Waals surface area contributed by atoms with Crippen LogP contribution in [0, 0.1) is 13.8 Å². The van der Waals surface area contributed by atoms with Crippen LogP contribution in [0.25, 0.3) is 0 Å². The Balaban J connectivity index is 2.06. The molecule has 0 saturated carbocycles. The van der Waals surface area contributed by atoms with E-state index >= 15 is 0 Å². The smallest absolute Gasteiger partial charge is 0.136 e. The van der Waals surface area contributed by atoms with Crippen LogP contribution in [0.4, 0.5) is 17.3 Å². The summed E-state index contributed by atoms with van der Waals surface area (Å²) in [4.78, 5) is 8.82. The lowest BCUT2D eigenvalue weighted by Gasteiger charge is -2.11. The Labute approximate surface area is 125 Å². The lowest BCUT2D eigenvalue weighted by Crippen LogP contribution is -2.08. The summed E-state index contributed by atoms with van der Waals surface area (Å²) >= 11 is 0. The third-order valence-corrected chi connectivity index (χ3v) is 3.08. The van der Waals surface area contributed by atoms with Crippen molar-refractivity contribution >= 4 is 17.3 Å². The quantitative estimate of drug-likeness (QED) is 0.765. The van der Waals surface area contributed by atoms with E-state index in [1.165, 1.54) is 5.56 Å². The minimum Gasteiger partial charge on any atom is -0.385 e. The summed E-state index contributed by atoms with van der Waals surface area (Å²) in [7, 11) is 1.71. The molecule has 0 unspecified atom stereocenters. The van der Waals surface area contributed by atoms with E-state index in [0.29, 0.717) is 0 Å². The zero-order valence-electron chi connectivity index (χ0n) is 12.8. The van der Waals surface area contributed by atoms with Crippen molar-refractivity contribution < 1.29 is 4.74 Å². The Morgan fingerprint density at radius 2 is 1.86 bits per heavy atom. The molecule has 0 fully saturated rings. The molecule has 1 aromatic heterocycles. The Morgan fingerprint density at radius 1 is 1.10 bits per heavy atom. The van der Waals surface area contributed by atoms with Crippen LogP contribution in [0.5, 0.6) is 0 Å². The molecule has 0 bridgehead atoms. The Morgan fingerprint density at radius 3 is 2.62 bits per heavy atom. The van der Waals surface area contributed by atoms with Gasteiger partial charge in [0, 0.05) is 32.0 Å². The van der Waals surface area contributed by atoms with E-state index in [1.54, 1.807) is 7.11 Å². The van der Waals surface area contributed by atoms with Crippen LogP contribution < -0.4 is 10.6 Å². The fourth-order valence-corrected chi connectivity index (χ4v) is 2.01. The number of benzene rings is 1. The van der Waals surface area contributed by atoms with Crippen LogP contribution in [0.2, 0.25) is 0 Å². The molecule has 0 spiro atoms. The highest BCUT2D eigenvalue weighted by atomic mass is 16.5. The molecule has 0 aliphatic heterocycles. The minimum absolute atomic E-state index is 0.739. The van der Waals surface area contributed by atoms with E-state index in [-0.39, 0.29) is 0 Å². The molecule has 2 rings (SSSR count). The van der Waals surface area contributed by atoms with Crippen molar-refractivity contribution in [3.05, 3.63) is 41.7 Å². The highest BCUT2D eigenvalue weighted by Crippen LogP contribution is 2.20. The molecule has 0 radical (unpaired) electrons. The lowest BCUT2D eigenvalue weighted by molar-refractivity contribution is 0.198. The van der Waals surface area contributed by atoms with Crippen LogP contribution in [-0.4, -0.2) is 30.2 Å². The first-order chi connectivity index (χ1) is 10.2. The first kappa shape index (κ1) is 15.3. The van der Waals surface area contributed by atoms with Crippen molar-refractivity contribution in [2.75, 3.05) is 30.9 Å². The fraction of sp³-hybridized carbons (Fsp3) is 0.375. The number of aromatic nitrogens is 2. The van der Waals surface area contributed by atoms with Crippen molar-refractivity contribution in [2.24, 2.45) is 0 Å². The van der Waals surface area contributed by atoms with Gasteiger partial charge in [0.05, 0.1) is 0 Å². The molecule has 112 valence electrons. The predicted molar refractivity (Wildman–Crippen MR) is 86.2 cm³/mol. The molecule has 21 heavy (non-hydrogen) atoms. The standard InChI is InChI=1S/C16H22N4O/c1-12-7-4-5-8-14(12)20-16-11-15(18-13(2)19-16)17-9-6-10-21-3/h4-5,7-8,11H,6,9-10H2,1-3H3,(H2,17,18,19,20). The first-order valence-electron chi connectivity index (χ1n) is 7.10. The van der Waals surface area contributed by atoms with Crippen molar-refractivity contribution in [3.8, 4) is 0 Å². The number of nitrogens with one attached hydrogen (secondary N) is 2. The molecular formula is C16H22N4O. The third kappa shape index (κ3) is 4.72. The number of para-hydroxylation sites is 1. The maximum absolute atomic E-state index is 5.03. The Bertz CT molecular complexity index is 586. The second-order valence-corrected chi connectivity index (χ2v) is 4.90. The van der Waals surface area contributed by atoms with Gasteiger partial charge in [0.25, 0.3) is 0 Å². The van der Waals surface area contributed by atoms with Crippen LogP contribution in [-0.2, 0) is 4.74 Å². The third-order valence-electron chi connectivity index (χ3n) is 3.08. The average Bonchev–Trinajstić information content (AvgIpc) is 2.46. The number of anilines is 3. The Hall–Kier alpha value is -2.14. The van der Waals surface area contributed by atoms with Crippen molar-refractivity contribution in [1.82, 2.24) is 9.97 Å². The van der Waals surface area contributed by atoms with Gasteiger partial charge in [-0.1, -0.05) is 18.2 Å². The van der Waals surface area contributed by atoms with Gasteiger partial charge in [-0.25, -0.2) is 9.97 Å². The summed E-state index contributed by atoms with van der Waals surface area (Å²) in [6.07, 6.45) is 0.945. The van der Waals surface area contributed by atoms with Gasteiger partial charge in [0.15, 0.2) is 0 Å². The zero-order valence-corrected chi connectivity index (χ0v) is 12.8. The number of methoxy groups -OCH3 is 1. The normalized spacial score (nSPS) is 10.4. The average molecular weight is 286 g/mol. The van der Waals surface area contributed by atoms with Crippen LogP contribution in [0.15, 0.2) is 30.3 Å². The van der Waals surface area contributed by atoms with Gasteiger partial charge in [-0.2, -0.15) is 0 Å². The molecule has 0 amide bonds. The molecule has 0 atom stereocenters. The second-order valence-electron chi connectivity index (χ2n) is 4.90. The number of nitrogens with zero attached hydrogens (tertiary/aromatic N) is 2. The predicted octanol–water partition coefficient (Wildman–Crippen LogP) is 3.29. The lowest BCUT2D eigenvalue weighted by atomic mass is 10.2. The van der Waals surface area contributed by atoms with E-state index in [9.17, 15) is 0 Å². The second kappa shape index (κ2) is 7.59. The van der Waals surface area contributed by atoms with E-state index in [2.05, 4.69) is 33.6 Å². The number of ether oxygens (including phenoxy) is 1. The molecule has 0 aliphatic carbocycles. The highest BCUT2D eigenvalue weighted by Gasteiger charge is 2.03. The van der Waals surface area contributed by atoms with Crippen LogP contribution in [0.1, 0.15) is 17.8 Å². The van der Waals surface area contributed by atoms with Crippen molar-refractivity contribution in [3.63, 3.8) is 0 Å². The van der Waals surface area contributed by atoms with Crippen LogP contribution in [0.3, 0.4) is 0 Å². The fourth-order valence-electron chi connectivity index (χ4n) is 2.01. The molecule has 0 aliphatic rings. The molecule has 5 heteroatoms. The van der Waals surface area contributed by atoms with Gasteiger partial charge in [0.2, 0.25) is 0 Å². The molecular weight excluding hydrogens is 264 g/mol. The van der Waals surface area contributed by atoms with Gasteiger partial charge >= 0.3 is 0 Å². The maximum Gasteiger partial charge on any atom is 0.136 e. The van der Waals surface area contributed by atoms with Crippen molar-refractivity contribution in [1.29, 1.82) is 0 Å². The van der Waals surface area contributed by atoms with E-state index in [1.807, 2.05) is 31.2 Å². The molecule has 2 aromatic rings. The molecule has 5 nitrogen and oxygen atoms in total. The van der Waals surface area contributed by atoms with Crippen LogP contribution >= 0.6 is 0 Å². The highest BCUT2D eigenvalue weighted by molar-refractivity contribution is 5.62. The minimum atomic E-state index is 0.739. The SMILES string of the molecule is COCCCNc1cc(Nc2ccccc2C)nc(C)n1. The summed E-state index contributed by atoms with van der Waals surface area (Å²) in [6, 6.07) is 10.1. The monoisotopic (exact) mass is 286 g/mol. The number of rotatable bonds is 7. The summed E-state index contributed by atoms with van der Waals surface area (Å²) in [5.41, 5.74) is 2.24. The summed E-state index contributed by atoms with van der Waals surface area (Å²) in [5, 5.41) is 6.63. The van der Waals surface area contributed by atoms with Crippen molar-refractivity contribution in [2.45, 2.75) is 20.3 Å². The summed E-state index contributed by atoms with van der Waals surface area (Å²) < 4.78 is 5.03. The number of aryl methyl sites for hydroxylation is 2. The van der Waals surface area contributed by atoms with E-state index in [0.717, 1.165) is 42.7 Å². The largest absolute Gasteiger partial charge is 0.385 e. The molecule has 2 N–H and O–H groups in total. The van der Waals surface area contributed by atoms with Gasteiger partial charge in [-0.3, -0.25) is 0 Å². The van der Waals surface area contributed by atoms with Gasteiger partial charge in [0.1, 0.15) is 17.5 Å². The van der Waals surface area contributed by atoms with E-state index in [4.69, 9.17) is 4.74 Å². The number of hydrogen-bond donors (Lipinski definition) is 2. The summed E-state index contributed by atoms with van der Waals surface area (Å²) in [6.45, 7) is 5.53. The van der Waals surface area contributed by atoms with E-state index < -0.39 is 0 Å². The summed E-state index contributed by atoms with van der Waals surface area (Å²) in [5.74, 6) is 2.36. The Kier molecular flexibility index (Phi) is 5.51. The molecule has 0 saturated heterocycles. The first-order valence-corrected chi connectivity index (χ1v) is 7.10. The zero-order chi connectivity index (χ0) is 15.1.